The van der Waals surface area contributed by atoms with Gasteiger partial charge in [-0.3, -0.25) is 19.3 Å². The fourth-order valence-electron chi connectivity index (χ4n) is 4.61. The zero-order valence-electron chi connectivity index (χ0n) is 20.4. The molecule has 0 aliphatic carbocycles. The summed E-state index contributed by atoms with van der Waals surface area (Å²) in [5.41, 5.74) is 4.94. The molecule has 0 spiro atoms. The Morgan fingerprint density at radius 1 is 1.06 bits per heavy atom. The van der Waals surface area contributed by atoms with Crippen molar-refractivity contribution in [2.45, 2.75) is 40.0 Å². The topological polar surface area (TPSA) is 88.9 Å². The van der Waals surface area contributed by atoms with E-state index in [9.17, 15) is 19.2 Å². The van der Waals surface area contributed by atoms with E-state index < -0.39 is 17.1 Å². The minimum atomic E-state index is -0.436. The van der Waals surface area contributed by atoms with Crippen molar-refractivity contribution in [3.05, 3.63) is 57.2 Å². The lowest BCUT2D eigenvalue weighted by Gasteiger charge is -2.27. The number of hydrogen-bond acceptors (Lipinski definition) is 6. The van der Waals surface area contributed by atoms with Crippen LogP contribution in [0.3, 0.4) is 0 Å². The summed E-state index contributed by atoms with van der Waals surface area (Å²) in [6.07, 6.45) is 4.72. The molecular weight excluding hydrogens is 466 g/mol. The number of carbonyl (C=O) groups is 4. The van der Waals surface area contributed by atoms with Gasteiger partial charge in [-0.15, -0.1) is 0 Å². The van der Waals surface area contributed by atoms with Crippen LogP contribution in [0, 0.1) is 20.8 Å². The number of thioether (sulfide) groups is 1. The van der Waals surface area contributed by atoms with Gasteiger partial charge in [0.15, 0.2) is 0 Å². The zero-order chi connectivity index (χ0) is 25.3. The molecule has 2 aliphatic heterocycles. The molecule has 0 N–H and O–H groups in total. The number of likely N-dealkylation sites (tertiary alicyclic amines) is 1. The van der Waals surface area contributed by atoms with Crippen molar-refractivity contribution < 1.29 is 23.9 Å². The molecule has 0 bridgehead atoms. The van der Waals surface area contributed by atoms with Crippen LogP contribution in [-0.4, -0.2) is 64.1 Å². The minimum absolute atomic E-state index is 0.183. The summed E-state index contributed by atoms with van der Waals surface area (Å²) in [7, 11) is 1.35. The van der Waals surface area contributed by atoms with E-state index in [4.69, 9.17) is 4.74 Å². The Labute approximate surface area is 208 Å². The maximum atomic E-state index is 13.0. The van der Waals surface area contributed by atoms with Crippen LogP contribution >= 0.6 is 11.8 Å². The Kier molecular flexibility index (Phi) is 7.16. The molecule has 0 unspecified atom stereocenters. The molecule has 1 aromatic heterocycles. The Balaban J connectivity index is 1.57. The number of ether oxygens (including phenoxy) is 1. The summed E-state index contributed by atoms with van der Waals surface area (Å²) in [4.78, 5) is 53.1. The molecule has 2 aliphatic rings. The highest BCUT2D eigenvalue weighted by Gasteiger charge is 2.37. The van der Waals surface area contributed by atoms with Gasteiger partial charge in [-0.05, 0) is 93.3 Å². The summed E-state index contributed by atoms with van der Waals surface area (Å²) >= 11 is 0.863. The van der Waals surface area contributed by atoms with E-state index in [1.54, 1.807) is 23.1 Å². The number of piperidine rings is 1. The molecule has 3 heterocycles. The van der Waals surface area contributed by atoms with Crippen molar-refractivity contribution in [2.75, 3.05) is 26.7 Å². The lowest BCUT2D eigenvalue weighted by molar-refractivity contribution is -0.136. The summed E-state index contributed by atoms with van der Waals surface area (Å²) < 4.78 is 6.85. The van der Waals surface area contributed by atoms with Crippen LogP contribution < -0.4 is 0 Å². The monoisotopic (exact) mass is 495 g/mol. The SMILES string of the molecule is COC(=O)c1ccc(-n2c(C)cc(/C=C3\SC(=O)N(CC(=O)N4CCCCC4)C3=O)c2C)c(C)c1. The molecular formula is C26H29N3O5S. The standard InChI is InChI=1S/C26H29N3O5S/c1-16-12-19(25(32)34-4)8-9-21(16)29-17(2)13-20(18(29)3)14-22-24(31)28(26(33)35-22)15-23(30)27-10-6-5-7-11-27/h8-9,12-14H,5-7,10-11,15H2,1-4H3/b22-14-. The van der Waals surface area contributed by atoms with Crippen molar-refractivity contribution >= 4 is 40.9 Å². The summed E-state index contributed by atoms with van der Waals surface area (Å²) in [5, 5.41) is -0.422. The molecule has 3 amide bonds. The third-order valence-electron chi connectivity index (χ3n) is 6.49. The highest BCUT2D eigenvalue weighted by molar-refractivity contribution is 8.18. The van der Waals surface area contributed by atoms with Gasteiger partial charge in [-0.1, -0.05) is 0 Å². The second kappa shape index (κ2) is 10.1. The number of imide groups is 1. The Morgan fingerprint density at radius 3 is 2.43 bits per heavy atom. The lowest BCUT2D eigenvalue weighted by atomic mass is 10.1. The molecule has 2 fully saturated rings. The predicted octanol–water partition coefficient (Wildman–Crippen LogP) is 4.24. The fraction of sp³-hybridized carbons (Fsp3) is 0.385. The molecule has 0 atom stereocenters. The normalized spacial score (nSPS) is 17.4. The van der Waals surface area contributed by atoms with Gasteiger partial charge < -0.3 is 14.2 Å². The molecule has 0 radical (unpaired) electrons. The first-order valence-electron chi connectivity index (χ1n) is 11.6. The quantitative estimate of drug-likeness (QED) is 0.455. The number of rotatable bonds is 5. The van der Waals surface area contributed by atoms with E-state index in [2.05, 4.69) is 0 Å². The number of amides is 3. The molecule has 2 saturated heterocycles. The second-order valence-electron chi connectivity index (χ2n) is 8.86. The smallest absolute Gasteiger partial charge is 0.337 e. The van der Waals surface area contributed by atoms with Gasteiger partial charge in [-0.25, -0.2) is 4.79 Å². The largest absolute Gasteiger partial charge is 0.465 e. The maximum Gasteiger partial charge on any atom is 0.337 e. The van der Waals surface area contributed by atoms with Crippen LogP contribution in [0.25, 0.3) is 11.8 Å². The fourth-order valence-corrected chi connectivity index (χ4v) is 5.44. The third kappa shape index (κ3) is 4.91. The first-order valence-corrected chi connectivity index (χ1v) is 12.4. The van der Waals surface area contributed by atoms with Gasteiger partial charge in [0.25, 0.3) is 11.1 Å². The van der Waals surface area contributed by atoms with E-state index in [-0.39, 0.29) is 12.5 Å². The molecule has 35 heavy (non-hydrogen) atoms. The average Bonchev–Trinajstić information content (AvgIpc) is 3.27. The van der Waals surface area contributed by atoms with Crippen molar-refractivity contribution in [3.63, 3.8) is 0 Å². The number of nitrogens with zero attached hydrogens (tertiary/aromatic N) is 3. The molecule has 0 saturated carbocycles. The van der Waals surface area contributed by atoms with Crippen LogP contribution in [0.1, 0.15) is 52.1 Å². The molecule has 4 rings (SSSR count). The highest BCUT2D eigenvalue weighted by Crippen LogP contribution is 2.34. The number of benzene rings is 1. The Bertz CT molecular complexity index is 1240. The summed E-state index contributed by atoms with van der Waals surface area (Å²) in [5.74, 6) is -1.01. The van der Waals surface area contributed by atoms with Crippen molar-refractivity contribution in [3.8, 4) is 5.69 Å². The van der Waals surface area contributed by atoms with E-state index in [0.717, 1.165) is 64.1 Å². The van der Waals surface area contributed by atoms with Gasteiger partial charge in [0.2, 0.25) is 5.91 Å². The number of esters is 1. The number of methoxy groups -OCH3 is 1. The first kappa shape index (κ1) is 24.8. The number of carbonyl (C=O) groups excluding carboxylic acids is 4. The van der Waals surface area contributed by atoms with E-state index in [1.165, 1.54) is 7.11 Å². The minimum Gasteiger partial charge on any atom is -0.465 e. The van der Waals surface area contributed by atoms with Gasteiger partial charge in [0, 0.05) is 30.2 Å². The van der Waals surface area contributed by atoms with Gasteiger partial charge in [-0.2, -0.15) is 0 Å². The van der Waals surface area contributed by atoms with Gasteiger partial charge >= 0.3 is 5.97 Å². The lowest BCUT2D eigenvalue weighted by Crippen LogP contribution is -2.44. The van der Waals surface area contributed by atoms with Crippen molar-refractivity contribution in [1.29, 1.82) is 0 Å². The van der Waals surface area contributed by atoms with Crippen LogP contribution in [0.5, 0.6) is 0 Å². The van der Waals surface area contributed by atoms with Gasteiger partial charge in [0.05, 0.1) is 17.6 Å². The zero-order valence-corrected chi connectivity index (χ0v) is 21.2. The highest BCUT2D eigenvalue weighted by atomic mass is 32.2. The van der Waals surface area contributed by atoms with Crippen LogP contribution in [0.2, 0.25) is 0 Å². The van der Waals surface area contributed by atoms with Crippen molar-refractivity contribution in [2.24, 2.45) is 0 Å². The number of hydrogen-bond donors (Lipinski definition) is 0. The Morgan fingerprint density at radius 2 is 1.77 bits per heavy atom. The molecule has 9 heteroatoms. The second-order valence-corrected chi connectivity index (χ2v) is 9.86. The summed E-state index contributed by atoms with van der Waals surface area (Å²) in [6, 6.07) is 7.32. The Hall–Kier alpha value is -3.33. The predicted molar refractivity (Wildman–Crippen MR) is 134 cm³/mol. The maximum absolute atomic E-state index is 13.0. The van der Waals surface area contributed by atoms with E-state index in [1.807, 2.05) is 37.5 Å². The summed E-state index contributed by atoms with van der Waals surface area (Å²) in [6.45, 7) is 6.96. The molecule has 184 valence electrons. The van der Waals surface area contributed by atoms with Crippen LogP contribution in [-0.2, 0) is 14.3 Å². The van der Waals surface area contributed by atoms with Crippen LogP contribution in [0.4, 0.5) is 4.79 Å². The number of aromatic nitrogens is 1. The van der Waals surface area contributed by atoms with E-state index in [0.29, 0.717) is 23.6 Å². The number of aryl methyl sites for hydroxylation is 2. The third-order valence-corrected chi connectivity index (χ3v) is 7.40. The first-order chi connectivity index (χ1) is 16.7. The van der Waals surface area contributed by atoms with Crippen LogP contribution in [0.15, 0.2) is 29.2 Å². The molecule has 8 nitrogen and oxygen atoms in total. The average molecular weight is 496 g/mol. The van der Waals surface area contributed by atoms with E-state index >= 15 is 0 Å². The molecule has 2 aromatic rings. The van der Waals surface area contributed by atoms with Crippen molar-refractivity contribution in [1.82, 2.24) is 14.4 Å². The molecule has 1 aromatic carbocycles. The van der Waals surface area contributed by atoms with Gasteiger partial charge in [0.1, 0.15) is 6.54 Å².